The van der Waals surface area contributed by atoms with Crippen LogP contribution in [-0.4, -0.2) is 31.7 Å². The number of amides is 1. The van der Waals surface area contributed by atoms with Crippen LogP contribution in [0.15, 0.2) is 88.9 Å². The van der Waals surface area contributed by atoms with Gasteiger partial charge in [0, 0.05) is 27.7 Å². The lowest BCUT2D eigenvalue weighted by atomic mass is 10.2. The molecule has 0 unspecified atom stereocenters. The van der Waals surface area contributed by atoms with Gasteiger partial charge in [-0.1, -0.05) is 47.5 Å². The van der Waals surface area contributed by atoms with Crippen LogP contribution < -0.4 is 9.73 Å². The van der Waals surface area contributed by atoms with Crippen molar-refractivity contribution < 1.29 is 26.4 Å². The third kappa shape index (κ3) is 6.75. The number of anilines is 1. The molecule has 0 bridgehead atoms. The Morgan fingerprint density at radius 3 is 2.37 bits per heavy atom. The average molecular weight is 623 g/mol. The monoisotopic (exact) mass is 622 g/mol. The zero-order chi connectivity index (χ0) is 29.9. The Hall–Kier alpha value is -3.80. The van der Waals surface area contributed by atoms with E-state index in [9.17, 15) is 26.4 Å². The van der Waals surface area contributed by atoms with E-state index in [4.69, 9.17) is 23.2 Å². The summed E-state index contributed by atoms with van der Waals surface area (Å²) in [6.07, 6.45) is -3.46. The van der Waals surface area contributed by atoms with E-state index in [0.717, 1.165) is 29.2 Å². The summed E-state index contributed by atoms with van der Waals surface area (Å²) in [5, 5.41) is 3.91. The molecule has 0 saturated heterocycles. The molecule has 0 fully saturated rings. The number of aromatic nitrogens is 1. The summed E-state index contributed by atoms with van der Waals surface area (Å²) in [5.74, 6) is -0.882. The molecule has 7 nitrogen and oxygen atoms in total. The fraction of sp³-hybridized carbons (Fsp3) is 0.143. The number of hydrazone groups is 1. The van der Waals surface area contributed by atoms with E-state index in [2.05, 4.69) is 10.5 Å². The number of nitrogens with zero attached hydrogens (tertiary/aromatic N) is 3. The van der Waals surface area contributed by atoms with Crippen LogP contribution in [0.2, 0.25) is 10.0 Å². The van der Waals surface area contributed by atoms with Gasteiger partial charge in [-0.25, -0.2) is 13.8 Å². The van der Waals surface area contributed by atoms with E-state index in [1.54, 1.807) is 18.2 Å². The Labute approximate surface area is 244 Å². The number of hydrogen-bond acceptors (Lipinski definition) is 4. The Morgan fingerprint density at radius 1 is 1.00 bits per heavy atom. The fourth-order valence-corrected chi connectivity index (χ4v) is 6.03. The van der Waals surface area contributed by atoms with Crippen molar-refractivity contribution in [3.05, 3.63) is 111 Å². The number of hydrogen-bond donors (Lipinski definition) is 1. The van der Waals surface area contributed by atoms with Gasteiger partial charge in [0.1, 0.15) is 6.54 Å². The summed E-state index contributed by atoms with van der Waals surface area (Å²) in [6, 6.07) is 18.7. The molecule has 0 spiro atoms. The molecule has 214 valence electrons. The fourth-order valence-electron chi connectivity index (χ4n) is 4.19. The number of nitrogens with one attached hydrogen (secondary N) is 1. The Morgan fingerprint density at radius 2 is 1.71 bits per heavy atom. The second-order valence-electron chi connectivity index (χ2n) is 8.92. The Kier molecular flexibility index (Phi) is 8.81. The molecule has 0 radical (unpaired) electrons. The van der Waals surface area contributed by atoms with E-state index in [1.165, 1.54) is 30.5 Å². The number of alkyl halides is 3. The van der Waals surface area contributed by atoms with Crippen LogP contribution in [0.25, 0.3) is 5.69 Å². The lowest BCUT2D eigenvalue weighted by Crippen LogP contribution is -2.39. The highest BCUT2D eigenvalue weighted by atomic mass is 35.5. The zero-order valence-corrected chi connectivity index (χ0v) is 24.0. The van der Waals surface area contributed by atoms with Crippen LogP contribution in [0.5, 0.6) is 0 Å². The van der Waals surface area contributed by atoms with Crippen molar-refractivity contribution >= 4 is 51.0 Å². The van der Waals surface area contributed by atoms with Crippen molar-refractivity contribution in [1.82, 2.24) is 9.99 Å². The second kappa shape index (κ2) is 12.0. The third-order valence-corrected chi connectivity index (χ3v) is 8.44. The minimum atomic E-state index is -4.85. The van der Waals surface area contributed by atoms with Crippen molar-refractivity contribution in [3.8, 4) is 5.69 Å². The Balaban J connectivity index is 1.61. The lowest BCUT2D eigenvalue weighted by Gasteiger charge is -2.24. The number of aryl methyl sites for hydroxylation is 1. The Bertz CT molecular complexity index is 1720. The maximum atomic E-state index is 13.5. The number of carbonyl (C=O) groups is 1. The summed E-state index contributed by atoms with van der Waals surface area (Å²) in [5.41, 5.74) is 3.81. The molecule has 4 rings (SSSR count). The first-order valence-corrected chi connectivity index (χ1v) is 14.2. The standard InChI is InChI=1S/C28H23Cl2F3N4O3S/c1-18-13-20(19(2)37(18)23-8-6-7-21(29)14-23)16-34-35-27(38)17-36(41(39,40)24-9-4-3-5-10-24)22-11-12-26(30)25(15-22)28(31,32)33/h3-16H,17H2,1-2H3,(H,35,38)/b34-16-. The summed E-state index contributed by atoms with van der Waals surface area (Å²) < 4.78 is 70.0. The van der Waals surface area contributed by atoms with Gasteiger partial charge in [-0.15, -0.1) is 0 Å². The van der Waals surface area contributed by atoms with Crippen LogP contribution in [0, 0.1) is 13.8 Å². The highest BCUT2D eigenvalue weighted by Crippen LogP contribution is 2.38. The largest absolute Gasteiger partial charge is 0.417 e. The predicted molar refractivity (Wildman–Crippen MR) is 153 cm³/mol. The summed E-state index contributed by atoms with van der Waals surface area (Å²) in [7, 11) is -4.45. The van der Waals surface area contributed by atoms with Crippen molar-refractivity contribution in [3.63, 3.8) is 0 Å². The van der Waals surface area contributed by atoms with Crippen LogP contribution in [0.1, 0.15) is 22.5 Å². The van der Waals surface area contributed by atoms with Gasteiger partial charge in [-0.2, -0.15) is 18.3 Å². The lowest BCUT2D eigenvalue weighted by molar-refractivity contribution is -0.137. The molecule has 1 aromatic heterocycles. The van der Waals surface area contributed by atoms with Crippen molar-refractivity contribution in [2.75, 3.05) is 10.8 Å². The van der Waals surface area contributed by atoms with Gasteiger partial charge in [-0.05, 0) is 68.4 Å². The van der Waals surface area contributed by atoms with Gasteiger partial charge in [0.2, 0.25) is 0 Å². The molecule has 0 aliphatic carbocycles. The number of rotatable bonds is 8. The first kappa shape index (κ1) is 30.2. The summed E-state index contributed by atoms with van der Waals surface area (Å²) >= 11 is 11.9. The molecule has 13 heteroatoms. The van der Waals surface area contributed by atoms with Gasteiger partial charge >= 0.3 is 6.18 Å². The van der Waals surface area contributed by atoms with E-state index >= 15 is 0 Å². The molecule has 0 saturated carbocycles. The zero-order valence-electron chi connectivity index (χ0n) is 21.7. The number of benzene rings is 3. The molecule has 0 atom stereocenters. The molecular formula is C28H23Cl2F3N4O3S. The van der Waals surface area contributed by atoms with Crippen LogP contribution in [0.4, 0.5) is 18.9 Å². The van der Waals surface area contributed by atoms with E-state index in [1.807, 2.05) is 36.6 Å². The molecule has 1 N–H and O–H groups in total. The molecule has 0 aliphatic rings. The molecule has 1 heterocycles. The highest BCUT2D eigenvalue weighted by molar-refractivity contribution is 7.92. The SMILES string of the molecule is Cc1cc(/C=N\NC(=O)CN(c2ccc(Cl)c(C(F)(F)F)c2)S(=O)(=O)c2ccccc2)c(C)n1-c1cccc(Cl)c1. The van der Waals surface area contributed by atoms with Gasteiger partial charge < -0.3 is 4.57 Å². The van der Waals surface area contributed by atoms with E-state index in [0.29, 0.717) is 21.0 Å². The van der Waals surface area contributed by atoms with Gasteiger partial charge in [0.15, 0.2) is 0 Å². The maximum Gasteiger partial charge on any atom is 0.417 e. The van der Waals surface area contributed by atoms with Gasteiger partial charge in [0.25, 0.3) is 15.9 Å². The molecule has 0 aliphatic heterocycles. The van der Waals surface area contributed by atoms with Crippen LogP contribution >= 0.6 is 23.2 Å². The predicted octanol–water partition coefficient (Wildman–Crippen LogP) is 6.77. The highest BCUT2D eigenvalue weighted by Gasteiger charge is 2.35. The first-order valence-electron chi connectivity index (χ1n) is 12.0. The molecular weight excluding hydrogens is 600 g/mol. The number of carbonyl (C=O) groups excluding carboxylic acids is 1. The van der Waals surface area contributed by atoms with Gasteiger partial charge in [-0.3, -0.25) is 9.10 Å². The normalized spacial score (nSPS) is 12.1. The number of halogens is 5. The summed E-state index contributed by atoms with van der Waals surface area (Å²) in [6.45, 7) is 2.89. The third-order valence-electron chi connectivity index (χ3n) is 6.09. The molecule has 3 aromatic carbocycles. The second-order valence-corrected chi connectivity index (χ2v) is 11.6. The first-order chi connectivity index (χ1) is 19.3. The van der Waals surface area contributed by atoms with Crippen molar-refractivity contribution in [2.24, 2.45) is 5.10 Å². The minimum absolute atomic E-state index is 0.215. The molecule has 1 amide bonds. The van der Waals surface area contributed by atoms with Crippen molar-refractivity contribution in [2.45, 2.75) is 24.9 Å². The smallest absolute Gasteiger partial charge is 0.318 e. The van der Waals surface area contributed by atoms with Crippen molar-refractivity contribution in [1.29, 1.82) is 0 Å². The summed E-state index contributed by atoms with van der Waals surface area (Å²) in [4.78, 5) is 12.6. The van der Waals surface area contributed by atoms with E-state index in [-0.39, 0.29) is 4.90 Å². The molecule has 41 heavy (non-hydrogen) atoms. The molecule has 4 aromatic rings. The average Bonchev–Trinajstić information content (AvgIpc) is 3.20. The van der Waals surface area contributed by atoms with Crippen LogP contribution in [0.3, 0.4) is 0 Å². The van der Waals surface area contributed by atoms with E-state index < -0.39 is 44.9 Å². The number of sulfonamides is 1. The maximum absolute atomic E-state index is 13.5. The van der Waals surface area contributed by atoms with Gasteiger partial charge in [0.05, 0.1) is 27.4 Å². The van der Waals surface area contributed by atoms with Crippen LogP contribution in [-0.2, 0) is 21.0 Å². The quantitative estimate of drug-likeness (QED) is 0.174. The minimum Gasteiger partial charge on any atom is -0.318 e. The topological polar surface area (TPSA) is 83.8 Å².